The van der Waals surface area contributed by atoms with Crippen molar-refractivity contribution in [2.75, 3.05) is 19.8 Å². The van der Waals surface area contributed by atoms with Gasteiger partial charge in [-0.3, -0.25) is 0 Å². The van der Waals surface area contributed by atoms with E-state index in [1.54, 1.807) is 36.4 Å². The molecule has 292 valence electrons. The van der Waals surface area contributed by atoms with E-state index >= 15 is 0 Å². The van der Waals surface area contributed by atoms with Gasteiger partial charge in [-0.15, -0.1) is 0 Å². The number of carbonyl (C=O) groups is 2. The van der Waals surface area contributed by atoms with Crippen LogP contribution in [0.3, 0.4) is 0 Å². The second kappa shape index (κ2) is 19.7. The number of esters is 2. The molecule has 0 amide bonds. The van der Waals surface area contributed by atoms with Crippen LogP contribution in [-0.4, -0.2) is 55.9 Å². The Kier molecular flexibility index (Phi) is 16.0. The van der Waals surface area contributed by atoms with Crippen molar-refractivity contribution >= 4 is 11.9 Å². The summed E-state index contributed by atoms with van der Waals surface area (Å²) in [7, 11) is 0. The molecule has 0 saturated heterocycles. The van der Waals surface area contributed by atoms with Gasteiger partial charge < -0.3 is 18.9 Å². The van der Waals surface area contributed by atoms with Gasteiger partial charge in [0.25, 0.3) is 0 Å². The minimum Gasteiger partial charge on any atom is -0.490 e. The Bertz CT molecular complexity index is 1610. The van der Waals surface area contributed by atoms with Crippen LogP contribution < -0.4 is 9.47 Å². The van der Waals surface area contributed by atoms with E-state index in [0.717, 1.165) is 55.4 Å². The minimum atomic E-state index is -6.43. The molecule has 0 radical (unpaired) electrons. The lowest BCUT2D eigenvalue weighted by Crippen LogP contribution is -2.54. The molecule has 1 unspecified atom stereocenters. The average molecular weight is 765 g/mol. The standard InChI is InChI=1S/C38H41F9O6/c1-3-4-5-8-11-25(2)52-34(48)28-14-12-26(13-15-28)27-16-18-29(19-17-27)53-35(49)30-20-21-31(33(40)32(30)39)51-23-10-7-6-9-22-50-24-36(41,42)37(43,44)38(45,46)47/h12-21,25H,3-11,22-24H2,1-2H3. The van der Waals surface area contributed by atoms with Gasteiger partial charge >= 0.3 is 30.0 Å². The van der Waals surface area contributed by atoms with E-state index in [9.17, 15) is 49.1 Å². The second-order valence-electron chi connectivity index (χ2n) is 12.4. The first-order valence-electron chi connectivity index (χ1n) is 17.1. The largest absolute Gasteiger partial charge is 0.490 e. The maximum atomic E-state index is 14.7. The number of unbranched alkanes of at least 4 members (excludes halogenated alkanes) is 6. The van der Waals surface area contributed by atoms with Crippen LogP contribution >= 0.6 is 0 Å². The number of alkyl halides is 7. The zero-order valence-corrected chi connectivity index (χ0v) is 29.2. The minimum absolute atomic E-state index is 0.0557. The molecule has 0 fully saturated rings. The average Bonchev–Trinajstić information content (AvgIpc) is 3.11. The topological polar surface area (TPSA) is 71.1 Å². The van der Waals surface area contributed by atoms with E-state index in [0.29, 0.717) is 12.0 Å². The monoisotopic (exact) mass is 764 g/mol. The Morgan fingerprint density at radius 2 is 1.26 bits per heavy atom. The molecular weight excluding hydrogens is 723 g/mol. The molecule has 0 spiro atoms. The smallest absolute Gasteiger partial charge is 0.459 e. The van der Waals surface area contributed by atoms with Crippen molar-refractivity contribution in [2.45, 2.75) is 95.8 Å². The van der Waals surface area contributed by atoms with E-state index in [1.165, 1.54) is 12.1 Å². The van der Waals surface area contributed by atoms with E-state index < -0.39 is 66.1 Å². The molecule has 1 atom stereocenters. The van der Waals surface area contributed by atoms with E-state index in [2.05, 4.69) is 11.7 Å². The predicted octanol–water partition coefficient (Wildman–Crippen LogP) is 11.2. The third-order valence-corrected chi connectivity index (χ3v) is 8.10. The molecule has 53 heavy (non-hydrogen) atoms. The number of ether oxygens (including phenoxy) is 4. The van der Waals surface area contributed by atoms with E-state index in [1.807, 2.05) is 6.92 Å². The number of carbonyl (C=O) groups excluding carboxylic acids is 2. The molecule has 0 bridgehead atoms. The van der Waals surface area contributed by atoms with Crippen LogP contribution in [0.2, 0.25) is 0 Å². The SMILES string of the molecule is CCCCCCC(C)OC(=O)c1ccc(-c2ccc(OC(=O)c3ccc(OCCCCCCOCC(F)(F)C(F)(F)C(F)(F)F)c(F)c3F)cc2)cc1. The molecule has 0 N–H and O–H groups in total. The van der Waals surface area contributed by atoms with Crippen molar-refractivity contribution in [1.82, 2.24) is 0 Å². The normalized spacial score (nSPS) is 12.7. The summed E-state index contributed by atoms with van der Waals surface area (Å²) in [5.41, 5.74) is 1.23. The highest BCUT2D eigenvalue weighted by Gasteiger charge is 2.73. The first kappa shape index (κ1) is 43.1. The molecule has 0 aliphatic heterocycles. The van der Waals surface area contributed by atoms with Crippen LogP contribution in [0.5, 0.6) is 11.5 Å². The summed E-state index contributed by atoms with van der Waals surface area (Å²) in [6, 6.07) is 15.0. The highest BCUT2D eigenvalue weighted by atomic mass is 19.4. The van der Waals surface area contributed by atoms with Crippen molar-refractivity contribution in [1.29, 1.82) is 0 Å². The molecule has 6 nitrogen and oxygen atoms in total. The fourth-order valence-electron chi connectivity index (χ4n) is 4.99. The molecule has 0 saturated carbocycles. The third-order valence-electron chi connectivity index (χ3n) is 8.10. The van der Waals surface area contributed by atoms with Gasteiger partial charge in [-0.05, 0) is 86.6 Å². The summed E-state index contributed by atoms with van der Waals surface area (Å²) < 4.78 is 138. The Morgan fingerprint density at radius 1 is 0.679 bits per heavy atom. The number of hydrogen-bond acceptors (Lipinski definition) is 6. The van der Waals surface area contributed by atoms with Crippen LogP contribution in [-0.2, 0) is 9.47 Å². The Balaban J connectivity index is 1.42. The van der Waals surface area contributed by atoms with Crippen molar-refractivity contribution < 1.29 is 68.1 Å². The first-order chi connectivity index (χ1) is 25.0. The van der Waals surface area contributed by atoms with Gasteiger partial charge in [-0.2, -0.15) is 35.1 Å². The Hall–Kier alpha value is -4.27. The number of halogens is 9. The Labute approximate surface area is 301 Å². The van der Waals surface area contributed by atoms with Gasteiger partial charge in [0, 0.05) is 6.61 Å². The van der Waals surface area contributed by atoms with E-state index in [4.69, 9.17) is 14.2 Å². The molecule has 0 aromatic heterocycles. The molecule has 3 aromatic carbocycles. The summed E-state index contributed by atoms with van der Waals surface area (Å²) in [5, 5.41) is 0. The molecule has 0 aliphatic rings. The summed E-state index contributed by atoms with van der Waals surface area (Å²) in [5.74, 6) is -16.6. The lowest BCUT2D eigenvalue weighted by Gasteiger charge is -2.27. The quantitative estimate of drug-likeness (QED) is 0.0466. The van der Waals surface area contributed by atoms with Crippen LogP contribution in [0.25, 0.3) is 11.1 Å². The van der Waals surface area contributed by atoms with Gasteiger partial charge in [0.1, 0.15) is 12.4 Å². The zero-order chi connectivity index (χ0) is 39.2. The van der Waals surface area contributed by atoms with Crippen LogP contribution in [0.4, 0.5) is 39.5 Å². The summed E-state index contributed by atoms with van der Waals surface area (Å²) >= 11 is 0. The first-order valence-corrected chi connectivity index (χ1v) is 17.1. The van der Waals surface area contributed by atoms with Crippen molar-refractivity contribution in [3.8, 4) is 22.6 Å². The number of rotatable bonds is 21. The van der Waals surface area contributed by atoms with Gasteiger partial charge in [0.05, 0.1) is 23.8 Å². The molecular formula is C38H41F9O6. The highest BCUT2D eigenvalue weighted by molar-refractivity contribution is 5.92. The Morgan fingerprint density at radius 3 is 1.87 bits per heavy atom. The second-order valence-corrected chi connectivity index (χ2v) is 12.4. The maximum Gasteiger partial charge on any atom is 0.459 e. The molecule has 3 rings (SSSR count). The lowest BCUT2D eigenvalue weighted by molar-refractivity contribution is -0.361. The van der Waals surface area contributed by atoms with Gasteiger partial charge in [-0.1, -0.05) is 56.9 Å². The van der Waals surface area contributed by atoms with Crippen molar-refractivity contribution in [2.24, 2.45) is 0 Å². The van der Waals surface area contributed by atoms with E-state index in [-0.39, 0.29) is 37.7 Å². The van der Waals surface area contributed by atoms with Crippen molar-refractivity contribution in [3.05, 3.63) is 83.4 Å². The lowest BCUT2D eigenvalue weighted by atomic mass is 10.0. The highest BCUT2D eigenvalue weighted by Crippen LogP contribution is 2.46. The third kappa shape index (κ3) is 12.4. The number of hydrogen-bond donors (Lipinski definition) is 0. The molecule has 0 aliphatic carbocycles. The summed E-state index contributed by atoms with van der Waals surface area (Å²) in [6.45, 7) is 1.27. The van der Waals surface area contributed by atoms with Crippen LogP contribution in [0, 0.1) is 11.6 Å². The zero-order valence-electron chi connectivity index (χ0n) is 29.2. The maximum absolute atomic E-state index is 14.7. The van der Waals surface area contributed by atoms with Crippen LogP contribution in [0.15, 0.2) is 60.7 Å². The predicted molar refractivity (Wildman–Crippen MR) is 178 cm³/mol. The molecule has 3 aromatic rings. The molecule has 0 heterocycles. The fraction of sp³-hybridized carbons (Fsp3) is 0.474. The van der Waals surface area contributed by atoms with Gasteiger partial charge in [0.15, 0.2) is 11.6 Å². The number of benzene rings is 3. The summed E-state index contributed by atoms with van der Waals surface area (Å²) in [6.07, 6.45) is -0.507. The summed E-state index contributed by atoms with van der Waals surface area (Å²) in [4.78, 5) is 25.1. The molecule has 15 heteroatoms. The van der Waals surface area contributed by atoms with Crippen LogP contribution in [0.1, 0.15) is 92.4 Å². The van der Waals surface area contributed by atoms with Crippen molar-refractivity contribution in [3.63, 3.8) is 0 Å². The van der Waals surface area contributed by atoms with Gasteiger partial charge in [-0.25, -0.2) is 14.0 Å². The van der Waals surface area contributed by atoms with Gasteiger partial charge in [0.2, 0.25) is 5.82 Å². The fourth-order valence-corrected chi connectivity index (χ4v) is 4.99.